The topological polar surface area (TPSA) is 61.0 Å². The van der Waals surface area contributed by atoms with E-state index in [9.17, 15) is 5.26 Å². The average Bonchev–Trinajstić information content (AvgIpc) is 2.82. The summed E-state index contributed by atoms with van der Waals surface area (Å²) >= 11 is 0. The first-order valence-corrected chi connectivity index (χ1v) is 6.94. The van der Waals surface area contributed by atoms with Crippen molar-refractivity contribution in [3.8, 4) is 6.07 Å². The average molecular weight is 262 g/mol. The summed E-state index contributed by atoms with van der Waals surface area (Å²) in [6.45, 7) is 6.93. The summed E-state index contributed by atoms with van der Waals surface area (Å²) in [5.41, 5.74) is 1.02. The molecule has 6 heteroatoms. The molecule has 6 nitrogen and oxygen atoms in total. The summed E-state index contributed by atoms with van der Waals surface area (Å²) in [6.07, 6.45) is 4.00. The molecule has 1 atom stereocenters. The van der Waals surface area contributed by atoms with Crippen LogP contribution < -0.4 is 0 Å². The summed E-state index contributed by atoms with van der Waals surface area (Å²) in [4.78, 5) is 4.68. The largest absolute Gasteiger partial charge is 0.295 e. The Morgan fingerprint density at radius 3 is 2.63 bits per heavy atom. The van der Waals surface area contributed by atoms with E-state index in [0.717, 1.165) is 51.3 Å². The third-order valence-corrected chi connectivity index (χ3v) is 3.59. The number of piperazine rings is 1. The van der Waals surface area contributed by atoms with Gasteiger partial charge in [0.1, 0.15) is 0 Å². The van der Waals surface area contributed by atoms with Gasteiger partial charge in [-0.15, -0.1) is 5.10 Å². The predicted molar refractivity (Wildman–Crippen MR) is 72.2 cm³/mol. The highest BCUT2D eigenvalue weighted by molar-refractivity contribution is 4.95. The van der Waals surface area contributed by atoms with Crippen molar-refractivity contribution >= 4 is 0 Å². The van der Waals surface area contributed by atoms with Crippen molar-refractivity contribution in [1.82, 2.24) is 24.8 Å². The molecule has 0 aliphatic carbocycles. The summed E-state index contributed by atoms with van der Waals surface area (Å²) in [6, 6.07) is 2.51. The molecule has 1 aliphatic rings. The van der Waals surface area contributed by atoms with Crippen molar-refractivity contribution in [2.24, 2.45) is 7.05 Å². The maximum absolute atomic E-state index is 9.19. The van der Waals surface area contributed by atoms with Crippen LogP contribution in [0.3, 0.4) is 0 Å². The van der Waals surface area contributed by atoms with Crippen LogP contribution in [-0.4, -0.2) is 57.0 Å². The number of hydrogen-bond acceptors (Lipinski definition) is 5. The monoisotopic (exact) mass is 262 g/mol. The lowest BCUT2D eigenvalue weighted by Gasteiger charge is -2.36. The van der Waals surface area contributed by atoms with Crippen LogP contribution in [0, 0.1) is 11.3 Å². The maximum atomic E-state index is 9.19. The van der Waals surface area contributed by atoms with E-state index in [1.807, 2.05) is 13.2 Å². The third kappa shape index (κ3) is 3.75. The van der Waals surface area contributed by atoms with Gasteiger partial charge in [-0.2, -0.15) is 5.26 Å². The number of rotatable bonds is 5. The molecule has 1 aromatic rings. The predicted octanol–water partition coefficient (Wildman–Crippen LogP) is 0.625. The van der Waals surface area contributed by atoms with Gasteiger partial charge in [0.15, 0.2) is 0 Å². The van der Waals surface area contributed by atoms with Crippen LogP contribution in [0.5, 0.6) is 0 Å². The molecule has 0 aromatic carbocycles. The van der Waals surface area contributed by atoms with Gasteiger partial charge >= 0.3 is 0 Å². The molecule has 0 bridgehead atoms. The zero-order chi connectivity index (χ0) is 13.7. The quantitative estimate of drug-likeness (QED) is 0.778. The SMILES string of the molecule is CCCC(C#N)N1CCN(Cc2cn(C)nn2)CC1. The third-order valence-electron chi connectivity index (χ3n) is 3.59. The second-order valence-electron chi connectivity index (χ2n) is 5.13. The van der Waals surface area contributed by atoms with Gasteiger partial charge in [0.05, 0.1) is 17.8 Å². The van der Waals surface area contributed by atoms with E-state index < -0.39 is 0 Å². The fourth-order valence-electron chi connectivity index (χ4n) is 2.53. The molecule has 0 N–H and O–H groups in total. The normalized spacial score (nSPS) is 19.2. The zero-order valence-electron chi connectivity index (χ0n) is 11.8. The molecule has 0 radical (unpaired) electrons. The number of aryl methyl sites for hydroxylation is 1. The maximum Gasteiger partial charge on any atom is 0.0978 e. The molecule has 1 aromatic heterocycles. The Kier molecular flexibility index (Phi) is 4.88. The summed E-state index contributed by atoms with van der Waals surface area (Å²) < 4.78 is 1.73. The van der Waals surface area contributed by atoms with Crippen molar-refractivity contribution in [1.29, 1.82) is 5.26 Å². The Balaban J connectivity index is 1.80. The molecule has 1 fully saturated rings. The molecule has 1 aliphatic heterocycles. The second kappa shape index (κ2) is 6.64. The van der Waals surface area contributed by atoms with Gasteiger partial charge in [0, 0.05) is 46.0 Å². The first kappa shape index (κ1) is 14.0. The van der Waals surface area contributed by atoms with E-state index in [-0.39, 0.29) is 6.04 Å². The minimum atomic E-state index is 0.0867. The van der Waals surface area contributed by atoms with Gasteiger partial charge in [-0.25, -0.2) is 0 Å². The molecule has 0 spiro atoms. The minimum Gasteiger partial charge on any atom is -0.295 e. The highest BCUT2D eigenvalue weighted by Gasteiger charge is 2.23. The van der Waals surface area contributed by atoms with E-state index in [4.69, 9.17) is 0 Å². The summed E-state index contributed by atoms with van der Waals surface area (Å²) in [5, 5.41) is 17.3. The lowest BCUT2D eigenvalue weighted by atomic mass is 10.1. The van der Waals surface area contributed by atoms with E-state index in [1.54, 1.807) is 4.68 Å². The molecule has 19 heavy (non-hydrogen) atoms. The van der Waals surface area contributed by atoms with Crippen molar-refractivity contribution < 1.29 is 0 Å². The van der Waals surface area contributed by atoms with Crippen LogP contribution in [0.2, 0.25) is 0 Å². The summed E-state index contributed by atoms with van der Waals surface area (Å²) in [5.74, 6) is 0. The first-order chi connectivity index (χ1) is 9.22. The van der Waals surface area contributed by atoms with Gasteiger partial charge in [0.2, 0.25) is 0 Å². The Morgan fingerprint density at radius 2 is 2.11 bits per heavy atom. The highest BCUT2D eigenvalue weighted by Crippen LogP contribution is 2.12. The highest BCUT2D eigenvalue weighted by atomic mass is 15.4. The van der Waals surface area contributed by atoms with Gasteiger partial charge in [-0.05, 0) is 6.42 Å². The van der Waals surface area contributed by atoms with Gasteiger partial charge in [0.25, 0.3) is 0 Å². The van der Waals surface area contributed by atoms with Gasteiger partial charge in [-0.3, -0.25) is 14.5 Å². The van der Waals surface area contributed by atoms with Crippen LogP contribution in [0.1, 0.15) is 25.5 Å². The minimum absolute atomic E-state index is 0.0867. The molecule has 0 amide bonds. The number of nitriles is 1. The molecule has 2 heterocycles. The van der Waals surface area contributed by atoms with E-state index in [2.05, 4.69) is 33.1 Å². The fraction of sp³-hybridized carbons (Fsp3) is 0.769. The Morgan fingerprint density at radius 1 is 1.37 bits per heavy atom. The standard InChI is InChI=1S/C13H22N6/c1-3-4-13(9-14)19-7-5-18(6-8-19)11-12-10-17(2)16-15-12/h10,13H,3-8,11H2,1-2H3. The zero-order valence-corrected chi connectivity index (χ0v) is 11.8. The van der Waals surface area contributed by atoms with E-state index >= 15 is 0 Å². The Hall–Kier alpha value is -1.45. The van der Waals surface area contributed by atoms with Gasteiger partial charge in [-0.1, -0.05) is 18.6 Å². The summed E-state index contributed by atoms with van der Waals surface area (Å²) in [7, 11) is 1.89. The molecule has 1 unspecified atom stereocenters. The lowest BCUT2D eigenvalue weighted by molar-refractivity contribution is 0.105. The number of nitrogens with zero attached hydrogens (tertiary/aromatic N) is 6. The van der Waals surface area contributed by atoms with Crippen molar-refractivity contribution in [3.63, 3.8) is 0 Å². The molecule has 2 rings (SSSR count). The first-order valence-electron chi connectivity index (χ1n) is 6.94. The van der Waals surface area contributed by atoms with Crippen molar-refractivity contribution in [2.45, 2.75) is 32.4 Å². The van der Waals surface area contributed by atoms with Crippen molar-refractivity contribution in [3.05, 3.63) is 11.9 Å². The van der Waals surface area contributed by atoms with Crippen LogP contribution in [0.15, 0.2) is 6.20 Å². The van der Waals surface area contributed by atoms with E-state index in [0.29, 0.717) is 0 Å². The Labute approximate surface area is 114 Å². The van der Waals surface area contributed by atoms with Crippen LogP contribution >= 0.6 is 0 Å². The second-order valence-corrected chi connectivity index (χ2v) is 5.13. The molecular formula is C13H22N6. The van der Waals surface area contributed by atoms with Crippen LogP contribution in [0.25, 0.3) is 0 Å². The Bertz CT molecular complexity index is 427. The van der Waals surface area contributed by atoms with Gasteiger partial charge < -0.3 is 0 Å². The molecule has 0 saturated carbocycles. The fourth-order valence-corrected chi connectivity index (χ4v) is 2.53. The van der Waals surface area contributed by atoms with Crippen LogP contribution in [-0.2, 0) is 13.6 Å². The van der Waals surface area contributed by atoms with E-state index in [1.165, 1.54) is 0 Å². The molecule has 1 saturated heterocycles. The number of hydrogen-bond donors (Lipinski definition) is 0. The molecular weight excluding hydrogens is 240 g/mol. The van der Waals surface area contributed by atoms with Crippen molar-refractivity contribution in [2.75, 3.05) is 26.2 Å². The van der Waals surface area contributed by atoms with Crippen LogP contribution in [0.4, 0.5) is 0 Å². The number of aromatic nitrogens is 3. The lowest BCUT2D eigenvalue weighted by Crippen LogP contribution is -2.49. The smallest absolute Gasteiger partial charge is 0.0978 e. The molecule has 104 valence electrons.